The van der Waals surface area contributed by atoms with Gasteiger partial charge in [0.25, 0.3) is 0 Å². The Bertz CT molecular complexity index is 250. The van der Waals surface area contributed by atoms with Crippen LogP contribution in [0.5, 0.6) is 0 Å². The molecule has 14 heavy (non-hydrogen) atoms. The van der Waals surface area contributed by atoms with Crippen molar-refractivity contribution in [3.8, 4) is 0 Å². The summed E-state index contributed by atoms with van der Waals surface area (Å²) in [4.78, 5) is 0. The monoisotopic (exact) mass is 196 g/mol. The molecule has 2 aliphatic heterocycles. The molecule has 3 unspecified atom stereocenters. The third-order valence-electron chi connectivity index (χ3n) is 4.33. The van der Waals surface area contributed by atoms with Gasteiger partial charge in [0.1, 0.15) is 0 Å². The van der Waals surface area contributed by atoms with Gasteiger partial charge >= 0.3 is 0 Å². The highest BCUT2D eigenvalue weighted by atomic mass is 16.6. The number of fused-ring (bicyclic) bond motifs is 1. The predicted octanol–water partition coefficient (Wildman–Crippen LogP) is 2.23. The van der Waals surface area contributed by atoms with E-state index in [4.69, 9.17) is 9.47 Å². The van der Waals surface area contributed by atoms with Crippen molar-refractivity contribution in [2.45, 2.75) is 45.8 Å². The van der Waals surface area contributed by atoms with Gasteiger partial charge in [-0.1, -0.05) is 20.8 Å². The van der Waals surface area contributed by atoms with Gasteiger partial charge < -0.3 is 9.47 Å². The van der Waals surface area contributed by atoms with Crippen LogP contribution in [0.15, 0.2) is 0 Å². The molecule has 2 nitrogen and oxygen atoms in total. The molecular weight excluding hydrogens is 176 g/mol. The normalized spacial score (nSPS) is 44.4. The lowest BCUT2D eigenvalue weighted by atomic mass is 9.56. The van der Waals surface area contributed by atoms with Crippen LogP contribution in [0, 0.1) is 16.7 Å². The first-order chi connectivity index (χ1) is 6.51. The fourth-order valence-corrected chi connectivity index (χ4v) is 3.55. The summed E-state index contributed by atoms with van der Waals surface area (Å²) in [5.41, 5.74) is 0.872. The van der Waals surface area contributed by atoms with Crippen molar-refractivity contribution in [3.63, 3.8) is 0 Å². The highest BCUT2D eigenvalue weighted by Gasteiger charge is 2.60. The Kier molecular flexibility index (Phi) is 1.66. The Balaban J connectivity index is 1.85. The van der Waals surface area contributed by atoms with Crippen molar-refractivity contribution >= 4 is 0 Å². The Morgan fingerprint density at radius 1 is 1.14 bits per heavy atom. The van der Waals surface area contributed by atoms with Crippen molar-refractivity contribution in [1.29, 1.82) is 0 Å². The van der Waals surface area contributed by atoms with E-state index in [1.807, 2.05) is 0 Å². The number of ether oxygens (including phenoxy) is 2. The van der Waals surface area contributed by atoms with Gasteiger partial charge in [-0.3, -0.25) is 0 Å². The van der Waals surface area contributed by atoms with Crippen molar-refractivity contribution in [3.05, 3.63) is 0 Å². The summed E-state index contributed by atoms with van der Waals surface area (Å²) in [6, 6.07) is 0. The van der Waals surface area contributed by atoms with Crippen LogP contribution in [0.25, 0.3) is 0 Å². The maximum Gasteiger partial charge on any atom is 0.0849 e. The van der Waals surface area contributed by atoms with Crippen molar-refractivity contribution < 1.29 is 9.47 Å². The molecule has 3 aliphatic rings. The zero-order valence-corrected chi connectivity index (χ0v) is 9.38. The van der Waals surface area contributed by atoms with Gasteiger partial charge in [0.15, 0.2) is 0 Å². The maximum absolute atomic E-state index is 5.68. The van der Waals surface area contributed by atoms with Crippen molar-refractivity contribution in [2.75, 3.05) is 13.2 Å². The minimum absolute atomic E-state index is 0.403. The molecular formula is C12H20O2. The summed E-state index contributed by atoms with van der Waals surface area (Å²) in [6.07, 6.45) is 3.68. The maximum atomic E-state index is 5.68. The average Bonchev–Trinajstić information content (AvgIpc) is 2.74. The van der Waals surface area contributed by atoms with E-state index in [9.17, 15) is 0 Å². The average molecular weight is 196 g/mol. The minimum Gasteiger partial charge on any atom is -0.380 e. The Hall–Kier alpha value is -0.0800. The second-order valence-electron chi connectivity index (χ2n) is 6.43. The topological polar surface area (TPSA) is 21.8 Å². The van der Waals surface area contributed by atoms with Gasteiger partial charge in [-0.25, -0.2) is 0 Å². The van der Waals surface area contributed by atoms with E-state index in [1.54, 1.807) is 0 Å². The fourth-order valence-electron chi connectivity index (χ4n) is 3.55. The predicted molar refractivity (Wildman–Crippen MR) is 54.1 cm³/mol. The zero-order chi connectivity index (χ0) is 9.97. The fraction of sp³-hybridized carbons (Fsp3) is 1.00. The molecule has 0 aromatic heterocycles. The molecule has 0 radical (unpaired) electrons. The molecule has 3 rings (SSSR count). The smallest absolute Gasteiger partial charge is 0.0849 e. The third-order valence-corrected chi connectivity index (χ3v) is 4.33. The first-order valence-corrected chi connectivity index (χ1v) is 5.74. The Morgan fingerprint density at radius 3 is 2.36 bits per heavy atom. The van der Waals surface area contributed by atoms with Gasteiger partial charge in [-0.15, -0.1) is 0 Å². The first-order valence-electron chi connectivity index (χ1n) is 5.74. The van der Waals surface area contributed by atoms with Crippen LogP contribution in [0.1, 0.15) is 33.6 Å². The molecule has 1 spiro atoms. The van der Waals surface area contributed by atoms with Gasteiger partial charge in [0.2, 0.25) is 0 Å². The summed E-state index contributed by atoms with van der Waals surface area (Å²) >= 11 is 0. The lowest BCUT2D eigenvalue weighted by Gasteiger charge is -2.53. The molecule has 80 valence electrons. The number of rotatable bonds is 0. The highest BCUT2D eigenvalue weighted by molar-refractivity contribution is 5.08. The summed E-state index contributed by atoms with van der Waals surface area (Å²) in [6.45, 7) is 9.03. The van der Waals surface area contributed by atoms with E-state index in [-0.39, 0.29) is 0 Å². The number of hydrogen-bond acceptors (Lipinski definition) is 2. The van der Waals surface area contributed by atoms with Gasteiger partial charge in [-0.2, -0.15) is 0 Å². The second-order valence-corrected chi connectivity index (χ2v) is 6.43. The quantitative estimate of drug-likeness (QED) is 0.554. The van der Waals surface area contributed by atoms with Gasteiger partial charge in [-0.05, 0) is 24.2 Å². The standard InChI is InChI=1S/C12H20O2/c1-11(2,3)10-4-8-9(14-8)5-12(10)6-13-7-12/h8-10H,4-7H2,1-3H3. The van der Waals surface area contributed by atoms with Crippen LogP contribution >= 0.6 is 0 Å². The summed E-state index contributed by atoms with van der Waals surface area (Å²) < 4.78 is 11.1. The van der Waals surface area contributed by atoms with Crippen LogP contribution in [0.4, 0.5) is 0 Å². The van der Waals surface area contributed by atoms with E-state index >= 15 is 0 Å². The first kappa shape index (κ1) is 9.17. The van der Waals surface area contributed by atoms with E-state index in [0.29, 0.717) is 23.0 Å². The van der Waals surface area contributed by atoms with Crippen molar-refractivity contribution in [1.82, 2.24) is 0 Å². The van der Waals surface area contributed by atoms with Crippen LogP contribution in [0.3, 0.4) is 0 Å². The second kappa shape index (κ2) is 2.53. The summed E-state index contributed by atoms with van der Waals surface area (Å²) in [5, 5.41) is 0. The number of epoxide rings is 1. The summed E-state index contributed by atoms with van der Waals surface area (Å²) in [5.74, 6) is 0.785. The third kappa shape index (κ3) is 1.17. The molecule has 1 aliphatic carbocycles. The zero-order valence-electron chi connectivity index (χ0n) is 9.38. The molecule has 0 amide bonds. The molecule has 1 saturated carbocycles. The van der Waals surface area contributed by atoms with E-state index in [0.717, 1.165) is 19.1 Å². The lowest BCUT2D eigenvalue weighted by Crippen LogP contribution is -2.55. The molecule has 3 fully saturated rings. The number of hydrogen-bond donors (Lipinski definition) is 0. The molecule has 2 heterocycles. The van der Waals surface area contributed by atoms with Gasteiger partial charge in [0, 0.05) is 5.41 Å². The van der Waals surface area contributed by atoms with Crippen LogP contribution in [-0.2, 0) is 9.47 Å². The summed E-state index contributed by atoms with van der Waals surface area (Å²) in [7, 11) is 0. The van der Waals surface area contributed by atoms with E-state index in [2.05, 4.69) is 20.8 Å². The Labute approximate surface area is 86.0 Å². The molecule has 0 bridgehead atoms. The Morgan fingerprint density at radius 2 is 1.86 bits per heavy atom. The highest BCUT2D eigenvalue weighted by Crippen LogP contribution is 2.58. The SMILES string of the molecule is CC(C)(C)C1CC2OC2CC12COC2. The lowest BCUT2D eigenvalue weighted by molar-refractivity contribution is -0.179. The largest absolute Gasteiger partial charge is 0.380 e. The van der Waals surface area contributed by atoms with Crippen molar-refractivity contribution in [2.24, 2.45) is 16.7 Å². The van der Waals surface area contributed by atoms with E-state index in [1.165, 1.54) is 12.8 Å². The molecule has 2 saturated heterocycles. The van der Waals surface area contributed by atoms with Crippen LogP contribution in [0.2, 0.25) is 0 Å². The van der Waals surface area contributed by atoms with Crippen LogP contribution < -0.4 is 0 Å². The molecule has 0 N–H and O–H groups in total. The molecule has 2 heteroatoms. The minimum atomic E-state index is 0.403. The molecule has 0 aromatic rings. The van der Waals surface area contributed by atoms with E-state index < -0.39 is 0 Å². The molecule has 0 aromatic carbocycles. The van der Waals surface area contributed by atoms with Gasteiger partial charge in [0.05, 0.1) is 25.4 Å². The van der Waals surface area contributed by atoms with Crippen LogP contribution in [-0.4, -0.2) is 25.4 Å². The molecule has 3 atom stereocenters.